The molecule has 0 amide bonds. The van der Waals surface area contributed by atoms with Gasteiger partial charge in [0, 0.05) is 6.21 Å². The summed E-state index contributed by atoms with van der Waals surface area (Å²) in [7, 11) is -0.417. The molecule has 0 fully saturated rings. The van der Waals surface area contributed by atoms with Gasteiger partial charge in [-0.05, 0) is 36.2 Å². The SMILES string of the molecule is CC(C)[C@@H](CP(c1ccccc1)c1ccccc1)N=Cc1ccccc1. The van der Waals surface area contributed by atoms with Gasteiger partial charge in [0.05, 0.1) is 6.04 Å². The molecule has 3 rings (SSSR count). The van der Waals surface area contributed by atoms with Crippen molar-refractivity contribution in [1.29, 1.82) is 0 Å². The molecular formula is C24H26NP. The molecule has 0 saturated heterocycles. The van der Waals surface area contributed by atoms with Crippen molar-refractivity contribution in [2.75, 3.05) is 6.16 Å². The lowest BCUT2D eigenvalue weighted by atomic mass is 10.1. The second kappa shape index (κ2) is 9.46. The standard InChI is InChI=1S/C24H26NP/c1-20(2)24(25-18-21-12-6-3-7-13-21)19-26(22-14-8-4-9-15-22)23-16-10-5-11-17-23/h3-18,20,24H,19H2,1-2H3/t24-/m1/s1. The van der Waals surface area contributed by atoms with Crippen molar-refractivity contribution in [3.63, 3.8) is 0 Å². The zero-order chi connectivity index (χ0) is 18.2. The van der Waals surface area contributed by atoms with Crippen molar-refractivity contribution in [3.05, 3.63) is 96.6 Å². The third kappa shape index (κ3) is 5.13. The van der Waals surface area contributed by atoms with Gasteiger partial charge in [-0.25, -0.2) is 0 Å². The van der Waals surface area contributed by atoms with Crippen molar-refractivity contribution < 1.29 is 0 Å². The summed E-state index contributed by atoms with van der Waals surface area (Å²) in [6.45, 7) is 4.55. The smallest absolute Gasteiger partial charge is 0.0567 e. The fourth-order valence-corrected chi connectivity index (χ4v) is 5.59. The van der Waals surface area contributed by atoms with Crippen molar-refractivity contribution in [2.24, 2.45) is 10.9 Å². The van der Waals surface area contributed by atoms with Gasteiger partial charge in [-0.15, -0.1) is 0 Å². The van der Waals surface area contributed by atoms with E-state index in [1.54, 1.807) is 0 Å². The zero-order valence-corrected chi connectivity index (χ0v) is 16.4. The van der Waals surface area contributed by atoms with Crippen LogP contribution < -0.4 is 10.6 Å². The Morgan fingerprint density at radius 2 is 1.19 bits per heavy atom. The minimum Gasteiger partial charge on any atom is -0.289 e. The van der Waals surface area contributed by atoms with Gasteiger partial charge in [-0.1, -0.05) is 105 Å². The lowest BCUT2D eigenvalue weighted by molar-refractivity contribution is 0.538. The summed E-state index contributed by atoms with van der Waals surface area (Å²) < 4.78 is 0. The average Bonchev–Trinajstić information content (AvgIpc) is 2.70. The fraction of sp³-hybridized carbons (Fsp3) is 0.208. The minimum atomic E-state index is -0.417. The maximum Gasteiger partial charge on any atom is 0.0567 e. The molecule has 0 aromatic heterocycles. The molecule has 0 radical (unpaired) electrons. The highest BCUT2D eigenvalue weighted by Gasteiger charge is 2.21. The summed E-state index contributed by atoms with van der Waals surface area (Å²) >= 11 is 0. The maximum atomic E-state index is 4.98. The molecule has 0 heterocycles. The third-order valence-electron chi connectivity index (χ3n) is 4.49. The molecular weight excluding hydrogens is 333 g/mol. The van der Waals surface area contributed by atoms with E-state index in [-0.39, 0.29) is 0 Å². The Hall–Kier alpha value is -2.24. The lowest BCUT2D eigenvalue weighted by Crippen LogP contribution is -2.24. The number of benzene rings is 3. The van der Waals surface area contributed by atoms with Crippen molar-refractivity contribution in [3.8, 4) is 0 Å². The van der Waals surface area contributed by atoms with Gasteiger partial charge < -0.3 is 0 Å². The largest absolute Gasteiger partial charge is 0.289 e. The topological polar surface area (TPSA) is 12.4 Å². The molecule has 1 nitrogen and oxygen atoms in total. The zero-order valence-electron chi connectivity index (χ0n) is 15.5. The van der Waals surface area contributed by atoms with Gasteiger partial charge in [-0.2, -0.15) is 0 Å². The highest BCUT2D eigenvalue weighted by molar-refractivity contribution is 7.73. The fourth-order valence-electron chi connectivity index (χ4n) is 2.91. The Morgan fingerprint density at radius 1 is 0.731 bits per heavy atom. The highest BCUT2D eigenvalue weighted by atomic mass is 31.1. The second-order valence-corrected chi connectivity index (χ2v) is 9.04. The summed E-state index contributed by atoms with van der Waals surface area (Å²) in [6, 6.07) is 32.5. The monoisotopic (exact) mass is 359 g/mol. The quantitative estimate of drug-likeness (QED) is 0.403. The molecule has 0 aliphatic heterocycles. The van der Waals surface area contributed by atoms with E-state index in [0.29, 0.717) is 12.0 Å². The predicted molar refractivity (Wildman–Crippen MR) is 117 cm³/mol. The van der Waals surface area contributed by atoms with Crippen LogP contribution in [0.5, 0.6) is 0 Å². The van der Waals surface area contributed by atoms with E-state index in [2.05, 4.69) is 98.8 Å². The Morgan fingerprint density at radius 3 is 1.65 bits per heavy atom. The molecule has 0 bridgehead atoms. The van der Waals surface area contributed by atoms with Crippen LogP contribution in [0, 0.1) is 5.92 Å². The van der Waals surface area contributed by atoms with E-state index in [4.69, 9.17) is 4.99 Å². The molecule has 3 aromatic carbocycles. The van der Waals surface area contributed by atoms with Crippen molar-refractivity contribution in [1.82, 2.24) is 0 Å². The van der Waals surface area contributed by atoms with Crippen LogP contribution in [0.3, 0.4) is 0 Å². The van der Waals surface area contributed by atoms with Gasteiger partial charge >= 0.3 is 0 Å². The van der Waals surface area contributed by atoms with Gasteiger partial charge in [0.25, 0.3) is 0 Å². The van der Waals surface area contributed by atoms with Crippen LogP contribution in [0.4, 0.5) is 0 Å². The Labute approximate surface area is 158 Å². The van der Waals surface area contributed by atoms with E-state index in [9.17, 15) is 0 Å². The van der Waals surface area contributed by atoms with E-state index < -0.39 is 7.92 Å². The first-order valence-electron chi connectivity index (χ1n) is 9.20. The lowest BCUT2D eigenvalue weighted by Gasteiger charge is -2.25. The second-order valence-electron chi connectivity index (χ2n) is 6.78. The molecule has 26 heavy (non-hydrogen) atoms. The van der Waals surface area contributed by atoms with Crippen LogP contribution in [-0.2, 0) is 0 Å². The van der Waals surface area contributed by atoms with Crippen LogP contribution in [0.25, 0.3) is 0 Å². The molecule has 3 aromatic rings. The molecule has 132 valence electrons. The van der Waals surface area contributed by atoms with E-state index in [1.807, 2.05) is 12.3 Å². The van der Waals surface area contributed by atoms with Gasteiger partial charge in [-0.3, -0.25) is 4.99 Å². The molecule has 0 spiro atoms. The maximum absolute atomic E-state index is 4.98. The molecule has 0 aliphatic carbocycles. The highest BCUT2D eigenvalue weighted by Crippen LogP contribution is 2.36. The molecule has 0 N–H and O–H groups in total. The van der Waals surface area contributed by atoms with Gasteiger partial charge in [0.2, 0.25) is 0 Å². The first-order chi connectivity index (χ1) is 12.7. The van der Waals surface area contributed by atoms with Crippen molar-refractivity contribution >= 4 is 24.7 Å². The molecule has 0 aliphatic rings. The summed E-state index contributed by atoms with van der Waals surface area (Å²) in [5, 5.41) is 2.85. The van der Waals surface area contributed by atoms with Gasteiger partial charge in [0.15, 0.2) is 0 Å². The number of hydrogen-bond acceptors (Lipinski definition) is 1. The van der Waals surface area contributed by atoms with Crippen molar-refractivity contribution in [2.45, 2.75) is 19.9 Å². The number of aliphatic imine (C=N–C) groups is 1. The number of hydrogen-bond donors (Lipinski definition) is 0. The average molecular weight is 359 g/mol. The Bertz CT molecular complexity index is 758. The van der Waals surface area contributed by atoms with Crippen LogP contribution in [0.2, 0.25) is 0 Å². The normalized spacial score (nSPS) is 12.8. The molecule has 0 saturated carbocycles. The third-order valence-corrected chi connectivity index (χ3v) is 7.07. The minimum absolute atomic E-state index is 0.307. The summed E-state index contributed by atoms with van der Waals surface area (Å²) in [4.78, 5) is 4.98. The van der Waals surface area contributed by atoms with Crippen LogP contribution >= 0.6 is 7.92 Å². The van der Waals surface area contributed by atoms with E-state index >= 15 is 0 Å². The summed E-state index contributed by atoms with van der Waals surface area (Å²) in [5.74, 6) is 0.507. The molecule has 0 unspecified atom stereocenters. The number of nitrogens with zero attached hydrogens (tertiary/aromatic N) is 1. The summed E-state index contributed by atoms with van der Waals surface area (Å²) in [5.41, 5.74) is 1.17. The van der Waals surface area contributed by atoms with Gasteiger partial charge in [0.1, 0.15) is 0 Å². The predicted octanol–water partition coefficient (Wildman–Crippen LogP) is 5.26. The van der Waals surface area contributed by atoms with Crippen LogP contribution in [-0.4, -0.2) is 18.4 Å². The molecule has 2 heteroatoms. The van der Waals surface area contributed by atoms with Crippen LogP contribution in [0.1, 0.15) is 19.4 Å². The van der Waals surface area contributed by atoms with E-state index in [0.717, 1.165) is 6.16 Å². The van der Waals surface area contributed by atoms with Crippen LogP contribution in [0.15, 0.2) is 96.0 Å². The molecule has 1 atom stereocenters. The first kappa shape index (κ1) is 18.5. The Kier molecular flexibility index (Phi) is 6.75. The van der Waals surface area contributed by atoms with E-state index in [1.165, 1.54) is 16.2 Å². The first-order valence-corrected chi connectivity index (χ1v) is 10.7. The Balaban J connectivity index is 1.87. The summed E-state index contributed by atoms with van der Waals surface area (Å²) in [6.07, 6.45) is 3.11. The number of rotatable bonds is 7.